The van der Waals surface area contributed by atoms with E-state index in [4.69, 9.17) is 9.26 Å². The molecule has 1 amide bonds. The molecule has 0 spiro atoms. The molecule has 3 aromatic heterocycles. The molecule has 27 heavy (non-hydrogen) atoms. The van der Waals surface area contributed by atoms with Gasteiger partial charge in [0, 0.05) is 50.1 Å². The van der Waals surface area contributed by atoms with Crippen molar-refractivity contribution in [3.63, 3.8) is 0 Å². The average Bonchev–Trinajstić information content (AvgIpc) is 3.39. The van der Waals surface area contributed by atoms with Crippen LogP contribution >= 0.6 is 0 Å². The van der Waals surface area contributed by atoms with Crippen LogP contribution in [-0.4, -0.2) is 64.1 Å². The molecule has 0 aliphatic carbocycles. The zero-order valence-corrected chi connectivity index (χ0v) is 14.6. The second-order valence-corrected chi connectivity index (χ2v) is 6.00. The normalized spacial score (nSPS) is 14.3. The Morgan fingerprint density at radius 3 is 3.04 bits per heavy atom. The van der Waals surface area contributed by atoms with Crippen molar-refractivity contribution in [3.05, 3.63) is 42.2 Å². The minimum absolute atomic E-state index is 0.185. The molecule has 1 fully saturated rings. The molecule has 1 aliphatic heterocycles. The van der Waals surface area contributed by atoms with Crippen molar-refractivity contribution in [3.8, 4) is 11.4 Å². The van der Waals surface area contributed by atoms with Crippen LogP contribution in [0.4, 0.5) is 5.82 Å². The molecule has 0 bridgehead atoms. The number of carbonyl (C=O) groups is 1. The number of carbonyl (C=O) groups excluding carboxylic acids is 1. The summed E-state index contributed by atoms with van der Waals surface area (Å²) in [6.07, 6.45) is 3.91. The van der Waals surface area contributed by atoms with Crippen molar-refractivity contribution < 1.29 is 14.1 Å². The number of nitrogens with one attached hydrogen (secondary N) is 2. The Morgan fingerprint density at radius 2 is 2.22 bits per heavy atom. The first kappa shape index (κ1) is 17.2. The van der Waals surface area contributed by atoms with Crippen LogP contribution in [0.5, 0.6) is 0 Å². The number of morpholine rings is 1. The Bertz CT molecular complexity index is 887. The van der Waals surface area contributed by atoms with Crippen molar-refractivity contribution in [2.45, 2.75) is 6.42 Å². The van der Waals surface area contributed by atoms with Gasteiger partial charge < -0.3 is 19.5 Å². The molecule has 0 unspecified atom stereocenters. The number of aromatic nitrogens is 5. The molecule has 1 aliphatic rings. The van der Waals surface area contributed by atoms with Crippen LogP contribution in [0.1, 0.15) is 16.4 Å². The van der Waals surface area contributed by atoms with E-state index in [1.807, 2.05) is 17.0 Å². The third-order valence-electron chi connectivity index (χ3n) is 4.16. The fourth-order valence-electron chi connectivity index (χ4n) is 2.73. The summed E-state index contributed by atoms with van der Waals surface area (Å²) in [4.78, 5) is 22.7. The van der Waals surface area contributed by atoms with Crippen LogP contribution in [0.2, 0.25) is 0 Å². The molecule has 0 radical (unpaired) electrons. The number of aromatic amines is 1. The molecular formula is C17H19N7O3. The Kier molecular flexibility index (Phi) is 5.06. The first-order valence-electron chi connectivity index (χ1n) is 8.69. The number of nitrogens with zero attached hydrogens (tertiary/aromatic N) is 5. The van der Waals surface area contributed by atoms with E-state index in [0.717, 1.165) is 18.7 Å². The van der Waals surface area contributed by atoms with Crippen molar-refractivity contribution >= 4 is 11.7 Å². The number of hydrogen-bond donors (Lipinski definition) is 2. The Hall–Kier alpha value is -3.27. The summed E-state index contributed by atoms with van der Waals surface area (Å²) < 4.78 is 10.5. The molecule has 2 N–H and O–H groups in total. The third kappa shape index (κ3) is 4.11. The van der Waals surface area contributed by atoms with Crippen LogP contribution in [0.25, 0.3) is 11.4 Å². The van der Waals surface area contributed by atoms with Gasteiger partial charge in [-0.2, -0.15) is 5.10 Å². The van der Waals surface area contributed by atoms with Gasteiger partial charge in [0.05, 0.1) is 13.2 Å². The second-order valence-electron chi connectivity index (χ2n) is 6.00. The zero-order chi connectivity index (χ0) is 18.5. The van der Waals surface area contributed by atoms with E-state index < -0.39 is 0 Å². The smallest absolute Gasteiger partial charge is 0.289 e. The lowest BCUT2D eigenvalue weighted by Gasteiger charge is -2.25. The van der Waals surface area contributed by atoms with E-state index in [-0.39, 0.29) is 11.7 Å². The highest BCUT2D eigenvalue weighted by molar-refractivity contribution is 5.92. The van der Waals surface area contributed by atoms with Crippen LogP contribution < -0.4 is 10.2 Å². The predicted octanol–water partition coefficient (Wildman–Crippen LogP) is 0.664. The first-order valence-corrected chi connectivity index (χ1v) is 8.69. The number of amides is 1. The van der Waals surface area contributed by atoms with E-state index in [9.17, 15) is 4.79 Å². The van der Waals surface area contributed by atoms with Crippen molar-refractivity contribution in [2.75, 3.05) is 37.7 Å². The van der Waals surface area contributed by atoms with Gasteiger partial charge in [-0.3, -0.25) is 14.9 Å². The molecule has 0 atom stereocenters. The summed E-state index contributed by atoms with van der Waals surface area (Å²) in [6, 6.07) is 5.36. The van der Waals surface area contributed by atoms with E-state index in [2.05, 4.69) is 30.6 Å². The van der Waals surface area contributed by atoms with Gasteiger partial charge in [0.2, 0.25) is 5.76 Å². The summed E-state index contributed by atoms with van der Waals surface area (Å²) in [5.41, 5.74) is 0.835. The van der Waals surface area contributed by atoms with Gasteiger partial charge in [-0.1, -0.05) is 5.16 Å². The van der Waals surface area contributed by atoms with Crippen LogP contribution in [0.15, 0.2) is 35.1 Å². The number of anilines is 1. The van der Waals surface area contributed by atoms with E-state index in [1.54, 1.807) is 18.5 Å². The average molecular weight is 369 g/mol. The Balaban J connectivity index is 1.29. The van der Waals surface area contributed by atoms with Gasteiger partial charge in [0.25, 0.3) is 5.91 Å². The highest BCUT2D eigenvalue weighted by atomic mass is 16.5. The molecule has 0 saturated carbocycles. The lowest BCUT2D eigenvalue weighted by molar-refractivity contribution is 0.0917. The Labute approximate surface area is 154 Å². The summed E-state index contributed by atoms with van der Waals surface area (Å²) >= 11 is 0. The number of ether oxygens (including phenoxy) is 1. The van der Waals surface area contributed by atoms with Crippen LogP contribution in [0.3, 0.4) is 0 Å². The van der Waals surface area contributed by atoms with Crippen LogP contribution in [0, 0.1) is 0 Å². The fraction of sp³-hybridized carbons (Fsp3) is 0.353. The lowest BCUT2D eigenvalue weighted by atomic mass is 10.3. The number of hydrogen-bond acceptors (Lipinski definition) is 8. The summed E-state index contributed by atoms with van der Waals surface area (Å²) in [7, 11) is 0. The summed E-state index contributed by atoms with van der Waals surface area (Å²) in [5.74, 6) is 1.79. The van der Waals surface area contributed by atoms with E-state index in [0.29, 0.717) is 43.6 Å². The standard InChI is InChI=1S/C17H19N7O3/c25-17(13-10-15(23-27-13)24-6-8-26-9-7-24)19-5-3-14-20-16(22-21-14)12-2-1-4-18-11-12/h1-2,4,10-11H,3,5-9H2,(H,19,25)(H,20,21,22). The van der Waals surface area contributed by atoms with Gasteiger partial charge >= 0.3 is 0 Å². The molecule has 4 heterocycles. The number of rotatable bonds is 6. The quantitative estimate of drug-likeness (QED) is 0.650. The maximum atomic E-state index is 12.2. The van der Waals surface area contributed by atoms with E-state index >= 15 is 0 Å². The van der Waals surface area contributed by atoms with Crippen molar-refractivity contribution in [1.82, 2.24) is 30.6 Å². The monoisotopic (exact) mass is 369 g/mol. The summed E-state index contributed by atoms with van der Waals surface area (Å²) in [6.45, 7) is 3.16. The minimum atomic E-state index is -0.311. The molecular weight excluding hydrogens is 350 g/mol. The maximum Gasteiger partial charge on any atom is 0.289 e. The van der Waals surface area contributed by atoms with Crippen LogP contribution in [-0.2, 0) is 11.2 Å². The highest BCUT2D eigenvalue weighted by Crippen LogP contribution is 2.16. The van der Waals surface area contributed by atoms with Gasteiger partial charge in [-0.25, -0.2) is 4.98 Å². The minimum Gasteiger partial charge on any atom is -0.378 e. The second kappa shape index (κ2) is 7.96. The van der Waals surface area contributed by atoms with E-state index in [1.165, 1.54) is 0 Å². The SMILES string of the molecule is O=C(NCCc1nc(-c2cccnc2)n[nH]1)c1cc(N2CCOCC2)no1. The first-order chi connectivity index (χ1) is 13.3. The predicted molar refractivity (Wildman–Crippen MR) is 95.2 cm³/mol. The zero-order valence-electron chi connectivity index (χ0n) is 14.6. The maximum absolute atomic E-state index is 12.2. The fourth-order valence-corrected chi connectivity index (χ4v) is 2.73. The molecule has 1 saturated heterocycles. The Morgan fingerprint density at radius 1 is 1.33 bits per heavy atom. The number of H-pyrrole nitrogens is 1. The topological polar surface area (TPSA) is 122 Å². The molecule has 4 rings (SSSR count). The molecule has 0 aromatic carbocycles. The van der Waals surface area contributed by atoms with Gasteiger partial charge in [-0.15, -0.1) is 0 Å². The van der Waals surface area contributed by atoms with Crippen molar-refractivity contribution in [2.24, 2.45) is 0 Å². The molecule has 3 aromatic rings. The number of pyridine rings is 1. The molecule has 10 nitrogen and oxygen atoms in total. The van der Waals surface area contributed by atoms with Gasteiger partial charge in [-0.05, 0) is 12.1 Å². The van der Waals surface area contributed by atoms with Gasteiger partial charge in [0.15, 0.2) is 11.6 Å². The molecule has 140 valence electrons. The van der Waals surface area contributed by atoms with Crippen molar-refractivity contribution in [1.29, 1.82) is 0 Å². The lowest BCUT2D eigenvalue weighted by Crippen LogP contribution is -2.36. The molecule has 10 heteroatoms. The highest BCUT2D eigenvalue weighted by Gasteiger charge is 2.18. The summed E-state index contributed by atoms with van der Waals surface area (Å²) in [5, 5.41) is 13.8. The van der Waals surface area contributed by atoms with Gasteiger partial charge in [0.1, 0.15) is 5.82 Å². The third-order valence-corrected chi connectivity index (χ3v) is 4.16. The largest absolute Gasteiger partial charge is 0.378 e.